The van der Waals surface area contributed by atoms with Gasteiger partial charge in [-0.05, 0) is 13.3 Å². The highest BCUT2D eigenvalue weighted by Gasteiger charge is 2.15. The average molecular weight is 222 g/mol. The summed E-state index contributed by atoms with van der Waals surface area (Å²) < 4.78 is 4.95. The van der Waals surface area contributed by atoms with Gasteiger partial charge in [0.2, 0.25) is 0 Å². The molecule has 0 aliphatic carbocycles. The number of carbonyl (C=O) groups is 1. The minimum absolute atomic E-state index is 0.265. The van der Waals surface area contributed by atoms with Crippen LogP contribution in [0.2, 0.25) is 0 Å². The van der Waals surface area contributed by atoms with Crippen LogP contribution in [0.25, 0.3) is 0 Å². The van der Waals surface area contributed by atoms with Gasteiger partial charge in [0.15, 0.2) is 0 Å². The molecule has 0 atom stereocenters. The maximum absolute atomic E-state index is 11.6. The Labute approximate surface area is 96.1 Å². The fourth-order valence-electron chi connectivity index (χ4n) is 1.36. The number of rotatable bonds is 4. The Morgan fingerprint density at radius 2 is 2.12 bits per heavy atom. The van der Waals surface area contributed by atoms with E-state index in [0.29, 0.717) is 18.6 Å². The van der Waals surface area contributed by atoms with E-state index in [1.807, 2.05) is 20.8 Å². The molecule has 4 nitrogen and oxygen atoms in total. The molecule has 0 saturated heterocycles. The summed E-state index contributed by atoms with van der Waals surface area (Å²) in [5, 5.41) is 0. The van der Waals surface area contributed by atoms with Gasteiger partial charge in [0, 0.05) is 12.1 Å². The quantitative estimate of drug-likeness (QED) is 0.734. The Hall–Kier alpha value is -1.45. The molecule has 0 N–H and O–H groups in total. The number of esters is 1. The number of carbonyl (C=O) groups excluding carboxylic acids is 1. The molecule has 0 aromatic carbocycles. The molecule has 0 aliphatic heterocycles. The molecule has 88 valence electrons. The smallest absolute Gasteiger partial charge is 0.341 e. The lowest BCUT2D eigenvalue weighted by molar-refractivity contribution is 0.0524. The molecular weight excluding hydrogens is 204 g/mol. The fraction of sp³-hybridized carbons (Fsp3) is 0.583. The number of aromatic nitrogens is 2. The molecule has 0 spiro atoms. The van der Waals surface area contributed by atoms with E-state index in [0.717, 1.165) is 11.5 Å². The van der Waals surface area contributed by atoms with Crippen LogP contribution in [0.3, 0.4) is 0 Å². The molecule has 0 radical (unpaired) electrons. The Morgan fingerprint density at radius 1 is 1.44 bits per heavy atom. The molecule has 0 aliphatic rings. The van der Waals surface area contributed by atoms with Crippen LogP contribution in [0.15, 0.2) is 6.20 Å². The van der Waals surface area contributed by atoms with Crippen molar-refractivity contribution in [2.45, 2.75) is 40.0 Å². The second-order valence-corrected chi connectivity index (χ2v) is 3.82. The third kappa shape index (κ3) is 2.78. The number of hydrogen-bond acceptors (Lipinski definition) is 4. The molecule has 1 aromatic rings. The number of hydrogen-bond donors (Lipinski definition) is 0. The maximum atomic E-state index is 11.6. The summed E-state index contributed by atoms with van der Waals surface area (Å²) in [4.78, 5) is 20.2. The van der Waals surface area contributed by atoms with Gasteiger partial charge in [-0.15, -0.1) is 0 Å². The van der Waals surface area contributed by atoms with E-state index in [-0.39, 0.29) is 11.9 Å². The first-order chi connectivity index (χ1) is 7.60. The van der Waals surface area contributed by atoms with E-state index >= 15 is 0 Å². The molecule has 0 unspecified atom stereocenters. The van der Waals surface area contributed by atoms with Crippen LogP contribution in [0, 0.1) is 0 Å². The van der Waals surface area contributed by atoms with Gasteiger partial charge in [-0.3, -0.25) is 0 Å². The first kappa shape index (κ1) is 12.6. The third-order valence-corrected chi connectivity index (χ3v) is 2.23. The average Bonchev–Trinajstić information content (AvgIpc) is 2.28. The third-order valence-electron chi connectivity index (χ3n) is 2.23. The van der Waals surface area contributed by atoms with E-state index in [1.54, 1.807) is 13.1 Å². The van der Waals surface area contributed by atoms with Crippen molar-refractivity contribution < 1.29 is 9.53 Å². The Kier molecular flexibility index (Phi) is 4.40. The molecule has 4 heteroatoms. The lowest BCUT2D eigenvalue weighted by Gasteiger charge is -2.09. The second kappa shape index (κ2) is 5.58. The predicted octanol–water partition coefficient (Wildman–Crippen LogP) is 2.34. The zero-order valence-corrected chi connectivity index (χ0v) is 10.3. The molecule has 0 amide bonds. The highest BCUT2D eigenvalue weighted by molar-refractivity contribution is 5.90. The van der Waals surface area contributed by atoms with Crippen LogP contribution >= 0.6 is 0 Å². The van der Waals surface area contributed by atoms with Crippen molar-refractivity contribution in [2.75, 3.05) is 6.61 Å². The minimum Gasteiger partial charge on any atom is -0.462 e. The number of ether oxygens (including phenoxy) is 1. The predicted molar refractivity (Wildman–Crippen MR) is 61.5 cm³/mol. The van der Waals surface area contributed by atoms with E-state index < -0.39 is 0 Å². The molecule has 1 heterocycles. The van der Waals surface area contributed by atoms with Crippen LogP contribution in [0.1, 0.15) is 55.5 Å². The Morgan fingerprint density at radius 3 is 2.62 bits per heavy atom. The number of aryl methyl sites for hydroxylation is 1. The van der Waals surface area contributed by atoms with E-state index in [2.05, 4.69) is 9.97 Å². The highest BCUT2D eigenvalue weighted by Crippen LogP contribution is 2.13. The first-order valence-corrected chi connectivity index (χ1v) is 5.63. The zero-order chi connectivity index (χ0) is 12.1. The normalized spacial score (nSPS) is 10.6. The largest absolute Gasteiger partial charge is 0.462 e. The summed E-state index contributed by atoms with van der Waals surface area (Å²) in [5.41, 5.74) is 1.24. The topological polar surface area (TPSA) is 52.1 Å². The summed E-state index contributed by atoms with van der Waals surface area (Å²) in [6.07, 6.45) is 2.27. The van der Waals surface area contributed by atoms with Crippen LogP contribution in [0.5, 0.6) is 0 Å². The molecule has 0 bridgehead atoms. The summed E-state index contributed by atoms with van der Waals surface area (Å²) in [6, 6.07) is 0. The monoisotopic (exact) mass is 222 g/mol. The minimum atomic E-state index is -0.338. The molecule has 0 fully saturated rings. The number of nitrogens with zero attached hydrogens (tertiary/aromatic N) is 2. The van der Waals surface area contributed by atoms with Crippen molar-refractivity contribution >= 4 is 5.97 Å². The lowest BCUT2D eigenvalue weighted by atomic mass is 10.1. The van der Waals surface area contributed by atoms with Gasteiger partial charge in [-0.2, -0.15) is 0 Å². The van der Waals surface area contributed by atoms with Crippen LogP contribution < -0.4 is 0 Å². The van der Waals surface area contributed by atoms with Gasteiger partial charge >= 0.3 is 5.97 Å². The van der Waals surface area contributed by atoms with Gasteiger partial charge in [0.25, 0.3) is 0 Å². The van der Waals surface area contributed by atoms with Crippen LogP contribution in [-0.4, -0.2) is 22.5 Å². The van der Waals surface area contributed by atoms with Crippen LogP contribution in [0.4, 0.5) is 0 Å². The molecule has 1 rings (SSSR count). The van der Waals surface area contributed by atoms with Gasteiger partial charge in [0.05, 0.1) is 17.9 Å². The van der Waals surface area contributed by atoms with Gasteiger partial charge < -0.3 is 4.74 Å². The van der Waals surface area contributed by atoms with Crippen molar-refractivity contribution in [1.29, 1.82) is 0 Å². The Bertz CT molecular complexity index is 375. The van der Waals surface area contributed by atoms with Crippen LogP contribution in [-0.2, 0) is 11.2 Å². The standard InChI is InChI=1S/C12H18N2O2/c1-5-10-9(12(15)16-6-2)7-13-11(14-10)8(3)4/h7-8H,5-6H2,1-4H3. The van der Waals surface area contributed by atoms with Crippen molar-refractivity contribution in [3.05, 3.63) is 23.3 Å². The Balaban J connectivity index is 3.06. The maximum Gasteiger partial charge on any atom is 0.341 e. The zero-order valence-electron chi connectivity index (χ0n) is 10.3. The molecular formula is C12H18N2O2. The van der Waals surface area contributed by atoms with Crippen molar-refractivity contribution in [3.8, 4) is 0 Å². The van der Waals surface area contributed by atoms with Crippen molar-refractivity contribution in [1.82, 2.24) is 9.97 Å². The van der Waals surface area contributed by atoms with Gasteiger partial charge in [-0.25, -0.2) is 14.8 Å². The van der Waals surface area contributed by atoms with E-state index in [4.69, 9.17) is 4.74 Å². The highest BCUT2D eigenvalue weighted by atomic mass is 16.5. The summed E-state index contributed by atoms with van der Waals surface area (Å²) in [5.74, 6) is 0.695. The SMILES string of the molecule is CCOC(=O)c1cnc(C(C)C)nc1CC. The fourth-order valence-corrected chi connectivity index (χ4v) is 1.36. The first-order valence-electron chi connectivity index (χ1n) is 5.63. The molecule has 0 saturated carbocycles. The van der Waals surface area contributed by atoms with Gasteiger partial charge in [-0.1, -0.05) is 20.8 Å². The molecule has 1 aromatic heterocycles. The summed E-state index contributed by atoms with van der Waals surface area (Å²) >= 11 is 0. The summed E-state index contributed by atoms with van der Waals surface area (Å²) in [6.45, 7) is 8.17. The van der Waals surface area contributed by atoms with E-state index in [1.165, 1.54) is 0 Å². The van der Waals surface area contributed by atoms with Crippen molar-refractivity contribution in [2.24, 2.45) is 0 Å². The summed E-state index contributed by atoms with van der Waals surface area (Å²) in [7, 11) is 0. The molecule has 16 heavy (non-hydrogen) atoms. The lowest BCUT2D eigenvalue weighted by Crippen LogP contribution is -2.12. The van der Waals surface area contributed by atoms with Gasteiger partial charge in [0.1, 0.15) is 5.82 Å². The van der Waals surface area contributed by atoms with E-state index in [9.17, 15) is 4.79 Å². The second-order valence-electron chi connectivity index (χ2n) is 3.82. The van der Waals surface area contributed by atoms with Crippen molar-refractivity contribution in [3.63, 3.8) is 0 Å².